The number of carboxylic acids is 1. The summed E-state index contributed by atoms with van der Waals surface area (Å²) < 4.78 is 10.4. The van der Waals surface area contributed by atoms with Crippen LogP contribution < -0.4 is 9.47 Å². The zero-order valence-electron chi connectivity index (χ0n) is 13.5. The topological polar surface area (TPSA) is 76.1 Å². The number of benzene rings is 1. The molecule has 0 bridgehead atoms. The summed E-state index contributed by atoms with van der Waals surface area (Å²) in [5, 5.41) is 8.96. The van der Waals surface area contributed by atoms with Crippen molar-refractivity contribution in [2.75, 3.05) is 27.3 Å². The molecule has 1 rings (SSSR count). The minimum absolute atomic E-state index is 0.0698. The van der Waals surface area contributed by atoms with E-state index < -0.39 is 5.97 Å². The highest BCUT2D eigenvalue weighted by Crippen LogP contribution is 2.25. The van der Waals surface area contributed by atoms with Gasteiger partial charge in [-0.2, -0.15) is 0 Å². The lowest BCUT2D eigenvalue weighted by Gasteiger charge is -2.23. The normalized spacial score (nSPS) is 10.4. The van der Waals surface area contributed by atoms with Crippen LogP contribution in [0, 0.1) is 5.92 Å². The quantitative estimate of drug-likeness (QED) is 0.792. The third kappa shape index (κ3) is 5.27. The summed E-state index contributed by atoms with van der Waals surface area (Å²) in [5.41, 5.74) is 0.672. The third-order valence-corrected chi connectivity index (χ3v) is 3.09. The fourth-order valence-corrected chi connectivity index (χ4v) is 2.15. The predicted molar refractivity (Wildman–Crippen MR) is 82.3 cm³/mol. The van der Waals surface area contributed by atoms with Gasteiger partial charge in [0.15, 0.2) is 0 Å². The van der Waals surface area contributed by atoms with Gasteiger partial charge in [-0.3, -0.25) is 9.59 Å². The Morgan fingerprint density at radius 1 is 1.23 bits per heavy atom. The summed E-state index contributed by atoms with van der Waals surface area (Å²) in [6.45, 7) is 3.98. The Morgan fingerprint density at radius 2 is 1.91 bits per heavy atom. The Kier molecular flexibility index (Phi) is 6.69. The minimum atomic E-state index is -1.02. The Hall–Kier alpha value is -2.24. The molecule has 1 aromatic carbocycles. The van der Waals surface area contributed by atoms with Crippen LogP contribution in [0.3, 0.4) is 0 Å². The number of aliphatic carboxylic acids is 1. The molecule has 6 nitrogen and oxygen atoms in total. The molecule has 0 aromatic heterocycles. The van der Waals surface area contributed by atoms with E-state index in [1.165, 1.54) is 12.0 Å². The number of carbonyl (C=O) groups is 2. The molecule has 122 valence electrons. The molecule has 0 unspecified atom stereocenters. The van der Waals surface area contributed by atoms with Gasteiger partial charge >= 0.3 is 5.97 Å². The van der Waals surface area contributed by atoms with Gasteiger partial charge < -0.3 is 19.5 Å². The van der Waals surface area contributed by atoms with E-state index in [0.717, 1.165) is 0 Å². The highest BCUT2D eigenvalue weighted by molar-refractivity contribution is 5.83. The molecule has 0 atom stereocenters. The lowest BCUT2D eigenvalue weighted by Crippen LogP contribution is -2.39. The zero-order valence-corrected chi connectivity index (χ0v) is 13.5. The van der Waals surface area contributed by atoms with Gasteiger partial charge in [-0.25, -0.2) is 0 Å². The Morgan fingerprint density at radius 3 is 2.41 bits per heavy atom. The predicted octanol–water partition coefficient (Wildman–Crippen LogP) is 1.82. The van der Waals surface area contributed by atoms with Crippen molar-refractivity contribution < 1.29 is 24.2 Å². The minimum Gasteiger partial charge on any atom is -0.497 e. The number of hydrogen-bond acceptors (Lipinski definition) is 4. The molecule has 0 saturated carbocycles. The second-order valence-corrected chi connectivity index (χ2v) is 5.42. The molecule has 0 aliphatic heterocycles. The van der Waals surface area contributed by atoms with Crippen LogP contribution in [0.5, 0.6) is 11.5 Å². The van der Waals surface area contributed by atoms with Crippen molar-refractivity contribution in [2.45, 2.75) is 20.3 Å². The molecule has 0 saturated heterocycles. The van der Waals surface area contributed by atoms with Crippen LogP contribution >= 0.6 is 0 Å². The van der Waals surface area contributed by atoms with Gasteiger partial charge in [-0.05, 0) is 24.1 Å². The second kappa shape index (κ2) is 8.26. The number of amides is 1. The number of rotatable bonds is 8. The summed E-state index contributed by atoms with van der Waals surface area (Å²) in [6.07, 6.45) is 0.0698. The van der Waals surface area contributed by atoms with Crippen molar-refractivity contribution in [3.05, 3.63) is 23.8 Å². The van der Waals surface area contributed by atoms with Crippen LogP contribution in [-0.2, 0) is 16.0 Å². The molecule has 1 N–H and O–H groups in total. The number of carboxylic acid groups (broad SMARTS) is 1. The highest BCUT2D eigenvalue weighted by Gasteiger charge is 2.20. The third-order valence-electron chi connectivity index (χ3n) is 3.09. The van der Waals surface area contributed by atoms with E-state index in [9.17, 15) is 9.59 Å². The summed E-state index contributed by atoms with van der Waals surface area (Å²) >= 11 is 0. The molecular weight excluding hydrogens is 286 g/mol. The summed E-state index contributed by atoms with van der Waals surface area (Å²) in [5.74, 6) is 0.121. The Bertz CT molecular complexity index is 527. The maximum atomic E-state index is 12.4. The van der Waals surface area contributed by atoms with Crippen LogP contribution in [0.4, 0.5) is 0 Å². The fraction of sp³-hybridized carbons (Fsp3) is 0.500. The number of ether oxygens (including phenoxy) is 2. The van der Waals surface area contributed by atoms with Gasteiger partial charge in [0, 0.05) is 12.1 Å². The Labute approximate surface area is 130 Å². The van der Waals surface area contributed by atoms with Gasteiger partial charge in [0.1, 0.15) is 18.0 Å². The number of nitrogens with zero attached hydrogens (tertiary/aromatic N) is 1. The molecule has 0 aliphatic carbocycles. The van der Waals surface area contributed by atoms with Crippen molar-refractivity contribution in [2.24, 2.45) is 5.92 Å². The van der Waals surface area contributed by atoms with E-state index in [2.05, 4.69) is 0 Å². The van der Waals surface area contributed by atoms with Crippen LogP contribution in [0.2, 0.25) is 0 Å². The lowest BCUT2D eigenvalue weighted by molar-refractivity contribution is -0.144. The highest BCUT2D eigenvalue weighted by atomic mass is 16.5. The molecule has 0 spiro atoms. The second-order valence-electron chi connectivity index (χ2n) is 5.42. The van der Waals surface area contributed by atoms with Crippen LogP contribution in [0.25, 0.3) is 0 Å². The molecule has 1 amide bonds. The van der Waals surface area contributed by atoms with E-state index >= 15 is 0 Å². The molecular formula is C16H23NO5. The maximum Gasteiger partial charge on any atom is 0.323 e. The molecule has 1 aromatic rings. The number of methoxy groups -OCH3 is 2. The van der Waals surface area contributed by atoms with Crippen LogP contribution in [-0.4, -0.2) is 49.2 Å². The van der Waals surface area contributed by atoms with Gasteiger partial charge in [0.2, 0.25) is 5.91 Å². The lowest BCUT2D eigenvalue weighted by atomic mass is 10.1. The first-order valence-corrected chi connectivity index (χ1v) is 7.07. The molecule has 6 heteroatoms. The smallest absolute Gasteiger partial charge is 0.323 e. The molecule has 0 radical (unpaired) electrons. The van der Waals surface area contributed by atoms with E-state index in [0.29, 0.717) is 23.6 Å². The fourth-order valence-electron chi connectivity index (χ4n) is 2.15. The van der Waals surface area contributed by atoms with Gasteiger partial charge in [-0.1, -0.05) is 13.8 Å². The first kappa shape index (κ1) is 17.8. The first-order chi connectivity index (χ1) is 10.4. The number of carbonyl (C=O) groups excluding carboxylic acids is 1. The molecule has 0 fully saturated rings. The van der Waals surface area contributed by atoms with Crippen molar-refractivity contribution in [3.8, 4) is 11.5 Å². The summed E-state index contributed by atoms with van der Waals surface area (Å²) in [6, 6.07) is 5.20. The number of hydrogen-bond donors (Lipinski definition) is 1. The summed E-state index contributed by atoms with van der Waals surface area (Å²) in [4.78, 5) is 24.7. The molecule has 0 heterocycles. The van der Waals surface area contributed by atoms with Gasteiger partial charge in [0.25, 0.3) is 0 Å². The SMILES string of the molecule is COc1ccc(OC)c(CC(=O)N(CC(=O)O)CC(C)C)c1. The van der Waals surface area contributed by atoms with Crippen molar-refractivity contribution in [1.29, 1.82) is 0 Å². The average molecular weight is 309 g/mol. The monoisotopic (exact) mass is 309 g/mol. The van der Waals surface area contributed by atoms with Gasteiger partial charge in [-0.15, -0.1) is 0 Å². The molecule has 0 aliphatic rings. The van der Waals surface area contributed by atoms with Crippen molar-refractivity contribution >= 4 is 11.9 Å². The zero-order chi connectivity index (χ0) is 16.7. The van der Waals surface area contributed by atoms with E-state index in [1.807, 2.05) is 13.8 Å². The standard InChI is InChI=1S/C16H23NO5/c1-11(2)9-17(10-16(19)20)15(18)8-12-7-13(21-3)5-6-14(12)22-4/h5-7,11H,8-10H2,1-4H3,(H,19,20). The average Bonchev–Trinajstić information content (AvgIpc) is 2.45. The van der Waals surface area contributed by atoms with Crippen LogP contribution in [0.1, 0.15) is 19.4 Å². The van der Waals surface area contributed by atoms with Gasteiger partial charge in [0.05, 0.1) is 20.6 Å². The first-order valence-electron chi connectivity index (χ1n) is 7.07. The van der Waals surface area contributed by atoms with Crippen molar-refractivity contribution in [3.63, 3.8) is 0 Å². The van der Waals surface area contributed by atoms with Crippen molar-refractivity contribution in [1.82, 2.24) is 4.90 Å². The molecule has 22 heavy (non-hydrogen) atoms. The van der Waals surface area contributed by atoms with Crippen LogP contribution in [0.15, 0.2) is 18.2 Å². The van der Waals surface area contributed by atoms with E-state index in [-0.39, 0.29) is 24.8 Å². The maximum absolute atomic E-state index is 12.4. The van der Waals surface area contributed by atoms with E-state index in [4.69, 9.17) is 14.6 Å². The van der Waals surface area contributed by atoms with E-state index in [1.54, 1.807) is 25.3 Å². The Balaban J connectivity index is 2.94. The summed E-state index contributed by atoms with van der Waals surface area (Å²) in [7, 11) is 3.07. The largest absolute Gasteiger partial charge is 0.497 e.